The van der Waals surface area contributed by atoms with Crippen LogP contribution >= 0.6 is 11.3 Å². The highest BCUT2D eigenvalue weighted by atomic mass is 32.1. The van der Waals surface area contributed by atoms with Crippen LogP contribution in [0.2, 0.25) is 0 Å². The summed E-state index contributed by atoms with van der Waals surface area (Å²) in [6, 6.07) is 8.61. The van der Waals surface area contributed by atoms with E-state index in [9.17, 15) is 0 Å². The third kappa shape index (κ3) is 4.65. The summed E-state index contributed by atoms with van der Waals surface area (Å²) in [5, 5.41) is 4.76. The SMILES string of the molecule is CCCNCc1sc(Cc2ccccc2C)nc1CCC. The van der Waals surface area contributed by atoms with Crippen molar-refractivity contribution in [2.24, 2.45) is 0 Å². The van der Waals surface area contributed by atoms with Crippen molar-refractivity contribution in [1.29, 1.82) is 0 Å². The van der Waals surface area contributed by atoms with Crippen LogP contribution in [0.1, 0.15) is 53.4 Å². The standard InChI is InChI=1S/C18H26N2S/c1-4-8-16-17(13-19-11-5-2)21-18(20-16)12-15-10-7-6-9-14(15)3/h6-7,9-10,19H,4-5,8,11-13H2,1-3H3. The third-order valence-corrected chi connectivity index (χ3v) is 4.72. The van der Waals surface area contributed by atoms with E-state index >= 15 is 0 Å². The van der Waals surface area contributed by atoms with Crippen LogP contribution in [0.3, 0.4) is 0 Å². The van der Waals surface area contributed by atoms with Gasteiger partial charge in [-0.15, -0.1) is 11.3 Å². The third-order valence-electron chi connectivity index (χ3n) is 3.62. The predicted molar refractivity (Wildman–Crippen MR) is 92.1 cm³/mol. The number of thiazole rings is 1. The van der Waals surface area contributed by atoms with Gasteiger partial charge in [0.05, 0.1) is 10.7 Å². The van der Waals surface area contributed by atoms with E-state index in [0.29, 0.717) is 0 Å². The van der Waals surface area contributed by atoms with Crippen LogP contribution in [0, 0.1) is 6.92 Å². The minimum atomic E-state index is 0.960. The first-order valence-electron chi connectivity index (χ1n) is 7.97. The Labute approximate surface area is 132 Å². The first-order valence-corrected chi connectivity index (χ1v) is 8.78. The van der Waals surface area contributed by atoms with Gasteiger partial charge in [0.15, 0.2) is 0 Å². The summed E-state index contributed by atoms with van der Waals surface area (Å²) in [6.45, 7) is 8.66. The number of benzene rings is 1. The molecule has 1 aromatic heterocycles. The van der Waals surface area contributed by atoms with E-state index in [-0.39, 0.29) is 0 Å². The van der Waals surface area contributed by atoms with Crippen LogP contribution in [-0.2, 0) is 19.4 Å². The lowest BCUT2D eigenvalue weighted by Crippen LogP contribution is -2.13. The molecule has 0 unspecified atom stereocenters. The molecule has 0 amide bonds. The van der Waals surface area contributed by atoms with E-state index in [1.54, 1.807) is 0 Å². The molecule has 2 nitrogen and oxygen atoms in total. The Morgan fingerprint density at radius 1 is 1.14 bits per heavy atom. The zero-order chi connectivity index (χ0) is 15.1. The summed E-state index contributed by atoms with van der Waals surface area (Å²) in [6.07, 6.45) is 4.39. The average Bonchev–Trinajstić information content (AvgIpc) is 2.84. The van der Waals surface area contributed by atoms with E-state index in [2.05, 4.69) is 50.4 Å². The minimum Gasteiger partial charge on any atom is -0.312 e. The van der Waals surface area contributed by atoms with E-state index in [1.165, 1.54) is 33.1 Å². The van der Waals surface area contributed by atoms with Crippen LogP contribution in [0.15, 0.2) is 24.3 Å². The fraction of sp³-hybridized carbons (Fsp3) is 0.500. The Balaban J connectivity index is 2.12. The van der Waals surface area contributed by atoms with Gasteiger partial charge < -0.3 is 5.32 Å². The highest BCUT2D eigenvalue weighted by Gasteiger charge is 2.11. The van der Waals surface area contributed by atoms with Gasteiger partial charge >= 0.3 is 0 Å². The van der Waals surface area contributed by atoms with Crippen molar-refractivity contribution in [2.75, 3.05) is 6.54 Å². The smallest absolute Gasteiger partial charge is 0.0975 e. The summed E-state index contributed by atoms with van der Waals surface area (Å²) in [5.74, 6) is 0. The van der Waals surface area contributed by atoms with Crippen molar-refractivity contribution in [3.63, 3.8) is 0 Å². The van der Waals surface area contributed by atoms with Gasteiger partial charge in [0, 0.05) is 17.8 Å². The Kier molecular flexibility index (Phi) is 6.40. The Hall–Kier alpha value is -1.19. The second-order valence-electron chi connectivity index (χ2n) is 5.51. The van der Waals surface area contributed by atoms with Crippen LogP contribution in [0.5, 0.6) is 0 Å². The molecule has 0 saturated heterocycles. The van der Waals surface area contributed by atoms with Gasteiger partial charge in [0.25, 0.3) is 0 Å². The molecule has 0 fully saturated rings. The maximum atomic E-state index is 4.89. The molecule has 114 valence electrons. The summed E-state index contributed by atoms with van der Waals surface area (Å²) >= 11 is 1.88. The second kappa shape index (κ2) is 8.30. The quantitative estimate of drug-likeness (QED) is 0.727. The number of hydrogen-bond acceptors (Lipinski definition) is 3. The molecule has 1 heterocycles. The van der Waals surface area contributed by atoms with E-state index in [0.717, 1.165) is 32.4 Å². The van der Waals surface area contributed by atoms with E-state index < -0.39 is 0 Å². The monoisotopic (exact) mass is 302 g/mol. The average molecular weight is 302 g/mol. The molecule has 2 rings (SSSR count). The van der Waals surface area contributed by atoms with Crippen LogP contribution in [-0.4, -0.2) is 11.5 Å². The molecule has 0 spiro atoms. The Morgan fingerprint density at radius 2 is 1.95 bits per heavy atom. The maximum absolute atomic E-state index is 4.89. The molecule has 1 aromatic carbocycles. The number of nitrogens with zero attached hydrogens (tertiary/aromatic N) is 1. The van der Waals surface area contributed by atoms with Gasteiger partial charge in [-0.2, -0.15) is 0 Å². The molecule has 3 heteroatoms. The summed E-state index contributed by atoms with van der Waals surface area (Å²) < 4.78 is 0. The van der Waals surface area contributed by atoms with Crippen molar-refractivity contribution >= 4 is 11.3 Å². The number of hydrogen-bond donors (Lipinski definition) is 1. The Bertz CT molecular complexity index is 560. The highest BCUT2D eigenvalue weighted by Crippen LogP contribution is 2.23. The number of aryl methyl sites for hydroxylation is 2. The summed E-state index contributed by atoms with van der Waals surface area (Å²) in [4.78, 5) is 6.32. The largest absolute Gasteiger partial charge is 0.312 e. The summed E-state index contributed by atoms with van der Waals surface area (Å²) in [7, 11) is 0. The molecule has 0 aliphatic heterocycles. The van der Waals surface area contributed by atoms with Crippen molar-refractivity contribution in [3.05, 3.63) is 51.0 Å². The van der Waals surface area contributed by atoms with Gasteiger partial charge in [-0.3, -0.25) is 0 Å². The first kappa shape index (κ1) is 16.2. The molecule has 21 heavy (non-hydrogen) atoms. The lowest BCUT2D eigenvalue weighted by molar-refractivity contribution is 0.674. The van der Waals surface area contributed by atoms with Crippen molar-refractivity contribution < 1.29 is 0 Å². The molecule has 0 aliphatic rings. The van der Waals surface area contributed by atoms with Crippen LogP contribution < -0.4 is 5.32 Å². The summed E-state index contributed by atoms with van der Waals surface area (Å²) in [5.41, 5.74) is 4.05. The lowest BCUT2D eigenvalue weighted by atomic mass is 10.1. The molecular formula is C18H26N2S. The van der Waals surface area contributed by atoms with Gasteiger partial charge in [0.1, 0.15) is 0 Å². The molecule has 0 saturated carbocycles. The fourth-order valence-electron chi connectivity index (χ4n) is 2.43. The molecule has 2 aromatic rings. The van der Waals surface area contributed by atoms with Crippen molar-refractivity contribution in [2.45, 2.75) is 53.0 Å². The molecule has 0 radical (unpaired) electrons. The lowest BCUT2D eigenvalue weighted by Gasteiger charge is -2.02. The number of rotatable bonds is 8. The second-order valence-corrected chi connectivity index (χ2v) is 6.68. The number of aromatic nitrogens is 1. The van der Waals surface area contributed by atoms with Gasteiger partial charge in [0.2, 0.25) is 0 Å². The minimum absolute atomic E-state index is 0.960. The number of nitrogens with one attached hydrogen (secondary N) is 1. The fourth-order valence-corrected chi connectivity index (χ4v) is 3.54. The predicted octanol–water partition coefficient (Wildman–Crippen LogP) is 4.49. The Morgan fingerprint density at radius 3 is 2.67 bits per heavy atom. The zero-order valence-corrected chi connectivity index (χ0v) is 14.2. The van der Waals surface area contributed by atoms with E-state index in [1.807, 2.05) is 11.3 Å². The van der Waals surface area contributed by atoms with Crippen LogP contribution in [0.4, 0.5) is 0 Å². The molecule has 0 aliphatic carbocycles. The first-order chi connectivity index (χ1) is 10.2. The van der Waals surface area contributed by atoms with Crippen molar-refractivity contribution in [3.8, 4) is 0 Å². The molecule has 0 bridgehead atoms. The van der Waals surface area contributed by atoms with Crippen LogP contribution in [0.25, 0.3) is 0 Å². The zero-order valence-electron chi connectivity index (χ0n) is 13.4. The maximum Gasteiger partial charge on any atom is 0.0975 e. The molecule has 1 N–H and O–H groups in total. The molecular weight excluding hydrogens is 276 g/mol. The van der Waals surface area contributed by atoms with Gasteiger partial charge in [-0.05, 0) is 37.4 Å². The van der Waals surface area contributed by atoms with Gasteiger partial charge in [-0.25, -0.2) is 4.98 Å². The topological polar surface area (TPSA) is 24.9 Å². The molecule has 0 atom stereocenters. The normalized spacial score (nSPS) is 11.0. The van der Waals surface area contributed by atoms with E-state index in [4.69, 9.17) is 4.98 Å². The van der Waals surface area contributed by atoms with Crippen molar-refractivity contribution in [1.82, 2.24) is 10.3 Å². The highest BCUT2D eigenvalue weighted by molar-refractivity contribution is 7.11. The van der Waals surface area contributed by atoms with Gasteiger partial charge in [-0.1, -0.05) is 44.5 Å².